The van der Waals surface area contributed by atoms with E-state index in [1.165, 1.54) is 37.0 Å². The molecule has 3 atom stereocenters. The second kappa shape index (κ2) is 7.27. The number of ether oxygens (including phenoxy) is 1. The lowest BCUT2D eigenvalue weighted by molar-refractivity contribution is -0.125. The van der Waals surface area contributed by atoms with Crippen molar-refractivity contribution in [3.8, 4) is 0 Å². The molecule has 1 aromatic heterocycles. The molecule has 1 saturated heterocycles. The van der Waals surface area contributed by atoms with E-state index in [-0.39, 0.29) is 24.0 Å². The second-order valence-corrected chi connectivity index (χ2v) is 7.84. The first-order valence-corrected chi connectivity index (χ1v) is 9.33. The van der Waals surface area contributed by atoms with E-state index in [4.69, 9.17) is 4.74 Å². The van der Waals surface area contributed by atoms with Gasteiger partial charge in [-0.3, -0.25) is 4.99 Å². The molecular weight excluding hydrogens is 421 g/mol. The summed E-state index contributed by atoms with van der Waals surface area (Å²) in [6, 6.07) is 4.79. The summed E-state index contributed by atoms with van der Waals surface area (Å²) in [6.07, 6.45) is 7.04. The first kappa shape index (κ1) is 17.5. The van der Waals surface area contributed by atoms with E-state index in [0.29, 0.717) is 23.5 Å². The van der Waals surface area contributed by atoms with Gasteiger partial charge in [0.25, 0.3) is 0 Å². The number of hydrogen-bond donors (Lipinski definition) is 2. The Labute approximate surface area is 159 Å². The Kier molecular flexibility index (Phi) is 5.53. The highest BCUT2D eigenvalue weighted by atomic mass is 127. The quantitative estimate of drug-likeness (QED) is 0.424. The van der Waals surface area contributed by atoms with Crippen molar-refractivity contribution in [3.05, 3.63) is 22.4 Å². The van der Waals surface area contributed by atoms with Crippen molar-refractivity contribution in [2.24, 2.45) is 16.3 Å². The molecule has 0 amide bonds. The molecule has 0 aromatic carbocycles. The molecule has 1 aromatic rings. The van der Waals surface area contributed by atoms with Crippen LogP contribution in [0.15, 0.2) is 22.5 Å². The minimum Gasteiger partial charge on any atom is -0.377 e. The molecule has 3 unspecified atom stereocenters. The molecule has 4 nitrogen and oxygen atoms in total. The van der Waals surface area contributed by atoms with E-state index in [1.54, 1.807) is 11.3 Å². The van der Waals surface area contributed by atoms with Gasteiger partial charge in [-0.1, -0.05) is 18.9 Å². The summed E-state index contributed by atoms with van der Waals surface area (Å²) in [6.45, 7) is 1.79. The average molecular weight is 447 g/mol. The molecule has 3 fully saturated rings. The van der Waals surface area contributed by atoms with Gasteiger partial charge in [0, 0.05) is 35.9 Å². The van der Waals surface area contributed by atoms with Crippen LogP contribution in [0.3, 0.4) is 0 Å². The molecule has 2 N–H and O–H groups in total. The minimum atomic E-state index is 0. The fraction of sp³-hybridized carbons (Fsp3) is 0.706. The van der Waals surface area contributed by atoms with Gasteiger partial charge in [-0.25, -0.2) is 0 Å². The van der Waals surface area contributed by atoms with E-state index < -0.39 is 0 Å². The van der Waals surface area contributed by atoms with Gasteiger partial charge in [-0.15, -0.1) is 35.3 Å². The number of thiophene rings is 1. The number of halogens is 1. The summed E-state index contributed by atoms with van der Waals surface area (Å²) in [5, 5.41) is 9.32. The van der Waals surface area contributed by atoms with Crippen LogP contribution in [0.1, 0.15) is 37.0 Å². The van der Waals surface area contributed by atoms with Crippen molar-refractivity contribution in [3.63, 3.8) is 0 Å². The number of nitrogens with one attached hydrogen (secondary N) is 2. The van der Waals surface area contributed by atoms with Gasteiger partial charge in [0.15, 0.2) is 5.96 Å². The standard InChI is InChI=1S/C17H25N3OS.HI/c1-18-16(19-11-12-5-4-10-22-12)20-14-13-6-9-21-15(13)17(14)7-2-3-8-17;/h4-5,10,13-15H,2-3,6-9,11H2,1H3,(H2,18,19,20);1H. The molecule has 6 heteroatoms. The molecule has 0 radical (unpaired) electrons. The molecule has 128 valence electrons. The predicted molar refractivity (Wildman–Crippen MR) is 106 cm³/mol. The van der Waals surface area contributed by atoms with Crippen LogP contribution in [0.2, 0.25) is 0 Å². The van der Waals surface area contributed by atoms with Crippen LogP contribution < -0.4 is 10.6 Å². The molecule has 1 spiro atoms. The molecule has 0 bridgehead atoms. The lowest BCUT2D eigenvalue weighted by Crippen LogP contribution is -2.69. The summed E-state index contributed by atoms with van der Waals surface area (Å²) in [5.41, 5.74) is 0.377. The number of fused-ring (bicyclic) bond motifs is 2. The Balaban J connectivity index is 0.00000156. The van der Waals surface area contributed by atoms with Crippen molar-refractivity contribution >= 4 is 41.3 Å². The smallest absolute Gasteiger partial charge is 0.191 e. The number of guanidine groups is 1. The number of aliphatic imine (C=N–C) groups is 1. The number of rotatable bonds is 3. The van der Waals surface area contributed by atoms with Gasteiger partial charge in [0.2, 0.25) is 0 Å². The van der Waals surface area contributed by atoms with Gasteiger partial charge in [-0.2, -0.15) is 0 Å². The monoisotopic (exact) mass is 447 g/mol. The third kappa shape index (κ3) is 3.02. The third-order valence-electron chi connectivity index (χ3n) is 5.81. The van der Waals surface area contributed by atoms with Gasteiger partial charge >= 0.3 is 0 Å². The van der Waals surface area contributed by atoms with Gasteiger partial charge < -0.3 is 15.4 Å². The van der Waals surface area contributed by atoms with Crippen molar-refractivity contribution in [2.45, 2.75) is 50.8 Å². The Bertz CT molecular complexity index is 542. The van der Waals surface area contributed by atoms with Crippen LogP contribution in [-0.4, -0.2) is 31.8 Å². The van der Waals surface area contributed by atoms with Gasteiger partial charge in [-0.05, 0) is 30.7 Å². The van der Waals surface area contributed by atoms with Crippen molar-refractivity contribution < 1.29 is 4.74 Å². The van der Waals surface area contributed by atoms with Crippen LogP contribution in [-0.2, 0) is 11.3 Å². The molecule has 3 aliphatic rings. The summed E-state index contributed by atoms with van der Waals surface area (Å²) in [7, 11) is 1.87. The summed E-state index contributed by atoms with van der Waals surface area (Å²) in [4.78, 5) is 5.78. The lowest BCUT2D eigenvalue weighted by Gasteiger charge is -2.57. The Morgan fingerprint density at radius 2 is 2.26 bits per heavy atom. The van der Waals surface area contributed by atoms with Crippen molar-refractivity contribution in [1.82, 2.24) is 10.6 Å². The van der Waals surface area contributed by atoms with Crippen LogP contribution in [0.25, 0.3) is 0 Å². The topological polar surface area (TPSA) is 45.7 Å². The average Bonchev–Trinajstić information content (AvgIpc) is 3.27. The van der Waals surface area contributed by atoms with Crippen LogP contribution in [0.5, 0.6) is 0 Å². The SMILES string of the molecule is CN=C(NCc1cccs1)NC1C2CCOC2C12CCCC2.I. The first-order valence-electron chi connectivity index (χ1n) is 8.45. The Morgan fingerprint density at radius 3 is 2.96 bits per heavy atom. The lowest BCUT2D eigenvalue weighted by atomic mass is 9.54. The second-order valence-electron chi connectivity index (χ2n) is 6.81. The zero-order valence-electron chi connectivity index (χ0n) is 13.6. The maximum absolute atomic E-state index is 6.06. The van der Waals surface area contributed by atoms with Crippen molar-refractivity contribution in [2.75, 3.05) is 13.7 Å². The van der Waals surface area contributed by atoms with Crippen molar-refractivity contribution in [1.29, 1.82) is 0 Å². The normalized spacial score (nSPS) is 31.3. The number of nitrogens with zero attached hydrogens (tertiary/aromatic N) is 1. The summed E-state index contributed by atoms with van der Waals surface area (Å²) >= 11 is 1.78. The molecule has 23 heavy (non-hydrogen) atoms. The maximum Gasteiger partial charge on any atom is 0.191 e. The molecule has 2 saturated carbocycles. The Hall–Kier alpha value is -0.340. The highest BCUT2D eigenvalue weighted by Crippen LogP contribution is 2.60. The van der Waals surface area contributed by atoms with Gasteiger partial charge in [0.05, 0.1) is 12.6 Å². The predicted octanol–water partition coefficient (Wildman–Crippen LogP) is 3.38. The van der Waals surface area contributed by atoms with E-state index in [0.717, 1.165) is 19.1 Å². The van der Waals surface area contributed by atoms with E-state index in [9.17, 15) is 0 Å². The highest BCUT2D eigenvalue weighted by molar-refractivity contribution is 14.0. The fourth-order valence-corrected chi connectivity index (χ4v) is 5.47. The molecule has 2 aliphatic carbocycles. The zero-order valence-corrected chi connectivity index (χ0v) is 16.7. The summed E-state index contributed by atoms with van der Waals surface area (Å²) in [5.74, 6) is 1.62. The number of hydrogen-bond acceptors (Lipinski definition) is 3. The first-order chi connectivity index (χ1) is 10.8. The van der Waals surface area contributed by atoms with Crippen LogP contribution in [0.4, 0.5) is 0 Å². The maximum atomic E-state index is 6.06. The molecular formula is C17H26IN3OS. The van der Waals surface area contributed by atoms with E-state index in [2.05, 4.69) is 33.1 Å². The fourth-order valence-electron chi connectivity index (χ4n) is 4.83. The van der Waals surface area contributed by atoms with Crippen LogP contribution in [0, 0.1) is 11.3 Å². The largest absolute Gasteiger partial charge is 0.377 e. The third-order valence-corrected chi connectivity index (χ3v) is 6.69. The van der Waals surface area contributed by atoms with E-state index in [1.807, 2.05) is 7.05 Å². The molecule has 4 rings (SSSR count). The molecule has 2 heterocycles. The highest BCUT2D eigenvalue weighted by Gasteiger charge is 2.65. The van der Waals surface area contributed by atoms with Crippen LogP contribution >= 0.6 is 35.3 Å². The van der Waals surface area contributed by atoms with Gasteiger partial charge in [0.1, 0.15) is 0 Å². The molecule has 1 aliphatic heterocycles. The van der Waals surface area contributed by atoms with E-state index >= 15 is 0 Å². The zero-order chi connectivity index (χ0) is 15.0. The Morgan fingerprint density at radius 1 is 1.43 bits per heavy atom. The minimum absolute atomic E-state index is 0. The summed E-state index contributed by atoms with van der Waals surface area (Å²) < 4.78 is 6.06.